The van der Waals surface area contributed by atoms with E-state index < -0.39 is 10.0 Å². The van der Waals surface area contributed by atoms with Crippen LogP contribution in [0.4, 0.5) is 5.69 Å². The quantitative estimate of drug-likeness (QED) is 0.395. The zero-order valence-corrected chi connectivity index (χ0v) is 20.9. The van der Waals surface area contributed by atoms with Gasteiger partial charge in [-0.25, -0.2) is 8.42 Å². The number of likely N-dealkylation sites (tertiary alicyclic amines) is 1. The van der Waals surface area contributed by atoms with Gasteiger partial charge >= 0.3 is 0 Å². The summed E-state index contributed by atoms with van der Waals surface area (Å²) in [5.41, 5.74) is 2.68. The molecule has 0 spiro atoms. The molecule has 1 unspecified atom stereocenters. The van der Waals surface area contributed by atoms with Crippen LogP contribution in [-0.2, 0) is 14.8 Å². The maximum absolute atomic E-state index is 11.6. The van der Waals surface area contributed by atoms with Crippen LogP contribution in [0.25, 0.3) is 0 Å². The van der Waals surface area contributed by atoms with Crippen LogP contribution in [-0.4, -0.2) is 56.9 Å². The topological polar surface area (TPSA) is 80.8 Å². The molecule has 1 atom stereocenters. The number of hydrogen-bond acceptors (Lipinski definition) is 6. The van der Waals surface area contributed by atoms with Crippen molar-refractivity contribution < 1.29 is 17.9 Å². The van der Waals surface area contributed by atoms with Crippen molar-refractivity contribution in [3.8, 4) is 5.75 Å². The highest BCUT2D eigenvalue weighted by Crippen LogP contribution is 2.30. The Hall–Kier alpha value is -2.94. The summed E-state index contributed by atoms with van der Waals surface area (Å²) in [6.07, 6.45) is 7.70. The number of sulfonamides is 1. The lowest BCUT2D eigenvalue weighted by atomic mass is 10.0. The van der Waals surface area contributed by atoms with Gasteiger partial charge in [0.1, 0.15) is 11.9 Å². The molecule has 4 rings (SSSR count). The Morgan fingerprint density at radius 3 is 2.43 bits per heavy atom. The number of piperidine rings is 1. The van der Waals surface area contributed by atoms with Gasteiger partial charge in [0, 0.05) is 37.6 Å². The smallest absolute Gasteiger partial charge is 0.229 e. The molecule has 0 saturated carbocycles. The molecule has 2 aromatic carbocycles. The molecule has 0 radical (unpaired) electrons. The Kier molecular flexibility index (Phi) is 8.74. The molecule has 35 heavy (non-hydrogen) atoms. The second-order valence-corrected chi connectivity index (χ2v) is 10.6. The standard InChI is InChI=1S/C27H33N3O4S/c1-35(31,32)29-25-12-5-6-13-26(25)33-20-8-17-30-18-14-24(15-19-30)34-27(22-9-3-2-4-10-22)23-11-7-16-28-21-23/h2-7,9-13,16,21,24,27,29H,8,14-15,17-20H2,1H3. The van der Waals surface area contributed by atoms with E-state index in [0.717, 1.165) is 56.3 Å². The van der Waals surface area contributed by atoms with E-state index >= 15 is 0 Å². The summed E-state index contributed by atoms with van der Waals surface area (Å²) in [7, 11) is -3.35. The van der Waals surface area contributed by atoms with Crippen LogP contribution in [0.3, 0.4) is 0 Å². The van der Waals surface area contributed by atoms with Crippen LogP contribution in [0.5, 0.6) is 5.75 Å². The van der Waals surface area contributed by atoms with Crippen molar-refractivity contribution in [1.82, 2.24) is 9.88 Å². The Bertz CT molecular complexity index is 1110. The van der Waals surface area contributed by atoms with Crippen molar-refractivity contribution >= 4 is 15.7 Å². The molecular weight excluding hydrogens is 462 g/mol. The van der Waals surface area contributed by atoms with Crippen molar-refractivity contribution in [3.63, 3.8) is 0 Å². The first-order valence-corrected chi connectivity index (χ1v) is 13.9. The third-order valence-corrected chi connectivity index (χ3v) is 6.60. The average molecular weight is 496 g/mol. The van der Waals surface area contributed by atoms with E-state index in [-0.39, 0.29) is 12.2 Å². The van der Waals surface area contributed by atoms with Crippen LogP contribution in [0.2, 0.25) is 0 Å². The highest BCUT2D eigenvalue weighted by Gasteiger charge is 2.24. The molecule has 0 bridgehead atoms. The van der Waals surface area contributed by atoms with Crippen molar-refractivity contribution in [1.29, 1.82) is 0 Å². The van der Waals surface area contributed by atoms with Crippen molar-refractivity contribution in [2.75, 3.05) is 37.2 Å². The normalized spacial score (nSPS) is 16.0. The molecular formula is C27H33N3O4S. The molecule has 186 valence electrons. The molecule has 8 heteroatoms. The summed E-state index contributed by atoms with van der Waals surface area (Å²) < 4.78 is 38.1. The van der Waals surface area contributed by atoms with E-state index in [0.29, 0.717) is 18.0 Å². The van der Waals surface area contributed by atoms with Crippen molar-refractivity contribution in [2.45, 2.75) is 31.5 Å². The fourth-order valence-electron chi connectivity index (χ4n) is 4.32. The number of nitrogens with one attached hydrogen (secondary N) is 1. The Morgan fingerprint density at radius 1 is 1.00 bits per heavy atom. The molecule has 1 aromatic heterocycles. The summed E-state index contributed by atoms with van der Waals surface area (Å²) in [5, 5.41) is 0. The third kappa shape index (κ3) is 7.78. The first kappa shape index (κ1) is 25.2. The van der Waals surface area contributed by atoms with Crippen LogP contribution in [0.15, 0.2) is 79.1 Å². The molecule has 7 nitrogen and oxygen atoms in total. The zero-order chi connectivity index (χ0) is 24.5. The molecule has 1 fully saturated rings. The van der Waals surface area contributed by atoms with Gasteiger partial charge in [0.05, 0.1) is 24.7 Å². The van der Waals surface area contributed by atoms with Gasteiger partial charge in [-0.3, -0.25) is 9.71 Å². The number of benzene rings is 2. The van der Waals surface area contributed by atoms with Gasteiger partial charge in [0.25, 0.3) is 0 Å². The molecule has 1 N–H and O–H groups in total. The predicted octanol–water partition coefficient (Wildman–Crippen LogP) is 4.49. The fourth-order valence-corrected chi connectivity index (χ4v) is 4.88. The number of rotatable bonds is 11. The van der Waals surface area contributed by atoms with Crippen molar-refractivity contribution in [3.05, 3.63) is 90.3 Å². The highest BCUT2D eigenvalue weighted by molar-refractivity contribution is 7.92. The van der Waals surface area contributed by atoms with E-state index in [4.69, 9.17) is 9.47 Å². The number of nitrogens with zero attached hydrogens (tertiary/aromatic N) is 2. The number of ether oxygens (including phenoxy) is 2. The summed E-state index contributed by atoms with van der Waals surface area (Å²) >= 11 is 0. The molecule has 0 aliphatic carbocycles. The van der Waals surface area contributed by atoms with Crippen LogP contribution >= 0.6 is 0 Å². The van der Waals surface area contributed by atoms with Gasteiger partial charge in [-0.2, -0.15) is 0 Å². The Labute approximate surface area is 208 Å². The summed E-state index contributed by atoms with van der Waals surface area (Å²) in [4.78, 5) is 6.72. The van der Waals surface area contributed by atoms with Crippen LogP contribution < -0.4 is 9.46 Å². The van der Waals surface area contributed by atoms with Gasteiger partial charge in [-0.15, -0.1) is 0 Å². The minimum atomic E-state index is -3.35. The average Bonchev–Trinajstić information content (AvgIpc) is 2.87. The monoisotopic (exact) mass is 495 g/mol. The molecule has 3 aromatic rings. The fraction of sp³-hybridized carbons (Fsp3) is 0.370. The molecule has 0 amide bonds. The summed E-state index contributed by atoms with van der Waals surface area (Å²) in [6.45, 7) is 3.41. The second kappa shape index (κ2) is 12.2. The third-order valence-electron chi connectivity index (χ3n) is 6.01. The number of para-hydroxylation sites is 2. The maximum atomic E-state index is 11.6. The van der Waals surface area contributed by atoms with Gasteiger partial charge in [-0.1, -0.05) is 48.5 Å². The SMILES string of the molecule is CS(=O)(=O)Nc1ccccc1OCCCN1CCC(OC(c2ccccc2)c2cccnc2)CC1. The first-order chi connectivity index (χ1) is 17.0. The van der Waals surface area contributed by atoms with E-state index in [1.54, 1.807) is 24.4 Å². The van der Waals surface area contributed by atoms with E-state index in [2.05, 4.69) is 32.8 Å². The number of pyridine rings is 1. The van der Waals surface area contributed by atoms with Gasteiger partial charge in [0.15, 0.2) is 0 Å². The van der Waals surface area contributed by atoms with Crippen LogP contribution in [0.1, 0.15) is 36.5 Å². The summed E-state index contributed by atoms with van der Waals surface area (Å²) in [5.74, 6) is 0.549. The zero-order valence-electron chi connectivity index (χ0n) is 20.0. The van der Waals surface area contributed by atoms with E-state index in [1.807, 2.05) is 36.5 Å². The number of hydrogen-bond donors (Lipinski definition) is 1. The lowest BCUT2D eigenvalue weighted by Crippen LogP contribution is -2.38. The van der Waals surface area contributed by atoms with Gasteiger partial charge in [-0.05, 0) is 43.0 Å². The highest BCUT2D eigenvalue weighted by atomic mass is 32.2. The van der Waals surface area contributed by atoms with E-state index in [9.17, 15) is 8.42 Å². The largest absolute Gasteiger partial charge is 0.491 e. The van der Waals surface area contributed by atoms with Crippen LogP contribution in [0, 0.1) is 0 Å². The van der Waals surface area contributed by atoms with Crippen molar-refractivity contribution in [2.24, 2.45) is 0 Å². The first-order valence-electron chi connectivity index (χ1n) is 12.0. The molecule has 2 heterocycles. The molecule has 1 aliphatic rings. The molecule has 1 aliphatic heterocycles. The Morgan fingerprint density at radius 2 is 1.71 bits per heavy atom. The van der Waals surface area contributed by atoms with E-state index in [1.165, 1.54) is 0 Å². The number of anilines is 1. The van der Waals surface area contributed by atoms with Gasteiger partial charge < -0.3 is 14.4 Å². The second-order valence-electron chi connectivity index (χ2n) is 8.83. The summed E-state index contributed by atoms with van der Waals surface area (Å²) in [6, 6.07) is 21.4. The molecule has 1 saturated heterocycles. The Balaban J connectivity index is 1.24. The lowest BCUT2D eigenvalue weighted by molar-refractivity contribution is -0.0274. The lowest BCUT2D eigenvalue weighted by Gasteiger charge is -2.34. The minimum absolute atomic E-state index is 0.115. The maximum Gasteiger partial charge on any atom is 0.229 e. The minimum Gasteiger partial charge on any atom is -0.491 e. The van der Waals surface area contributed by atoms with Gasteiger partial charge in [0.2, 0.25) is 10.0 Å². The predicted molar refractivity (Wildman–Crippen MR) is 138 cm³/mol. The number of aromatic nitrogens is 1.